The van der Waals surface area contributed by atoms with Crippen molar-refractivity contribution in [1.82, 2.24) is 9.78 Å². The Kier molecular flexibility index (Phi) is 2.98. The number of hydrogen-bond acceptors (Lipinski definition) is 2. The van der Waals surface area contributed by atoms with E-state index in [1.807, 2.05) is 17.9 Å². The summed E-state index contributed by atoms with van der Waals surface area (Å²) in [4.78, 5) is 0. The van der Waals surface area contributed by atoms with Crippen molar-refractivity contribution in [3.05, 3.63) is 11.9 Å². The summed E-state index contributed by atoms with van der Waals surface area (Å²) in [6, 6.07) is 0.665. The topological polar surface area (TPSA) is 29.9 Å². The normalized spacial score (nSPS) is 25.8. The van der Waals surface area contributed by atoms with Crippen molar-refractivity contribution in [3.8, 4) is 0 Å². The average Bonchev–Trinajstić information content (AvgIpc) is 2.80. The molecule has 0 saturated heterocycles. The molecule has 0 radical (unpaired) electrons. The Hall–Kier alpha value is -0.990. The Labute approximate surface area is 91.9 Å². The van der Waals surface area contributed by atoms with Crippen LogP contribution in [0.25, 0.3) is 0 Å². The Balaban J connectivity index is 1.95. The minimum atomic E-state index is 0.665. The fraction of sp³-hybridized carbons (Fsp3) is 0.750. The fourth-order valence-corrected chi connectivity index (χ4v) is 2.44. The van der Waals surface area contributed by atoms with Crippen LogP contribution in [-0.2, 0) is 7.05 Å². The van der Waals surface area contributed by atoms with Crippen LogP contribution in [0.3, 0.4) is 0 Å². The van der Waals surface area contributed by atoms with Crippen molar-refractivity contribution in [2.45, 2.75) is 45.6 Å². The molecule has 0 amide bonds. The van der Waals surface area contributed by atoms with Crippen LogP contribution < -0.4 is 5.32 Å². The molecular weight excluding hydrogens is 186 g/mol. The molecule has 2 atom stereocenters. The Morgan fingerprint density at radius 3 is 2.87 bits per heavy atom. The maximum Gasteiger partial charge on any atom is 0.0758 e. The van der Waals surface area contributed by atoms with Crippen LogP contribution in [0.1, 0.15) is 38.3 Å². The van der Waals surface area contributed by atoms with Crippen molar-refractivity contribution in [3.63, 3.8) is 0 Å². The zero-order valence-electron chi connectivity index (χ0n) is 9.95. The predicted octanol–water partition coefficient (Wildman–Crippen LogP) is 2.72. The number of aryl methyl sites for hydroxylation is 1. The molecule has 3 heteroatoms. The molecule has 1 aromatic rings. The second-order valence-corrected chi connectivity index (χ2v) is 4.70. The minimum Gasteiger partial charge on any atom is -0.380 e. The number of rotatable bonds is 3. The quantitative estimate of drug-likeness (QED) is 0.826. The number of aromatic nitrogens is 2. The highest BCUT2D eigenvalue weighted by Gasteiger charge is 2.23. The lowest BCUT2D eigenvalue weighted by molar-refractivity contribution is 0.525. The van der Waals surface area contributed by atoms with Gasteiger partial charge in [-0.25, -0.2) is 0 Å². The molecule has 0 aliphatic heterocycles. The Bertz CT molecular complexity index is 330. The molecule has 1 N–H and O–H groups in total. The molecule has 2 unspecified atom stereocenters. The van der Waals surface area contributed by atoms with E-state index in [1.165, 1.54) is 37.1 Å². The zero-order valence-corrected chi connectivity index (χ0v) is 9.95. The van der Waals surface area contributed by atoms with E-state index in [9.17, 15) is 0 Å². The van der Waals surface area contributed by atoms with E-state index in [1.54, 1.807) is 0 Å². The average molecular weight is 207 g/mol. The van der Waals surface area contributed by atoms with Crippen LogP contribution in [0.2, 0.25) is 0 Å². The van der Waals surface area contributed by atoms with E-state index >= 15 is 0 Å². The number of nitrogens with zero attached hydrogens (tertiary/aromatic N) is 2. The van der Waals surface area contributed by atoms with Crippen molar-refractivity contribution >= 4 is 5.69 Å². The maximum atomic E-state index is 4.25. The lowest BCUT2D eigenvalue weighted by Gasteiger charge is -2.13. The molecule has 84 valence electrons. The standard InChI is InChI=1S/C12H21N3/c1-4-10-5-6-11(7-10)14-12-8-13-15(3)9(12)2/h8,10-11,14H,4-7H2,1-3H3. The maximum absolute atomic E-state index is 4.25. The molecule has 1 heterocycles. The summed E-state index contributed by atoms with van der Waals surface area (Å²) in [7, 11) is 1.99. The number of anilines is 1. The van der Waals surface area contributed by atoms with Gasteiger partial charge in [-0.05, 0) is 32.1 Å². The van der Waals surface area contributed by atoms with Crippen LogP contribution in [0.15, 0.2) is 6.20 Å². The van der Waals surface area contributed by atoms with Crippen molar-refractivity contribution in [2.24, 2.45) is 13.0 Å². The first-order valence-electron chi connectivity index (χ1n) is 5.95. The van der Waals surface area contributed by atoms with E-state index < -0.39 is 0 Å². The van der Waals surface area contributed by atoms with Crippen LogP contribution in [0.4, 0.5) is 5.69 Å². The summed E-state index contributed by atoms with van der Waals surface area (Å²) in [5.41, 5.74) is 2.44. The number of hydrogen-bond donors (Lipinski definition) is 1. The molecule has 0 spiro atoms. The van der Waals surface area contributed by atoms with Gasteiger partial charge in [-0.1, -0.05) is 13.3 Å². The third-order valence-electron chi connectivity index (χ3n) is 3.71. The molecule has 15 heavy (non-hydrogen) atoms. The van der Waals surface area contributed by atoms with Gasteiger partial charge in [0.2, 0.25) is 0 Å². The van der Waals surface area contributed by atoms with E-state index in [0.29, 0.717) is 6.04 Å². The first kappa shape index (κ1) is 10.5. The molecule has 3 nitrogen and oxygen atoms in total. The SMILES string of the molecule is CCC1CCC(Nc2cnn(C)c2C)C1. The molecule has 1 saturated carbocycles. The minimum absolute atomic E-state index is 0.665. The molecule has 2 rings (SSSR count). The van der Waals surface area contributed by atoms with Gasteiger partial charge in [-0.2, -0.15) is 5.10 Å². The highest BCUT2D eigenvalue weighted by atomic mass is 15.3. The monoisotopic (exact) mass is 207 g/mol. The van der Waals surface area contributed by atoms with Gasteiger partial charge in [0.1, 0.15) is 0 Å². The zero-order chi connectivity index (χ0) is 10.8. The summed E-state index contributed by atoms with van der Waals surface area (Å²) in [6.07, 6.45) is 7.28. The highest BCUT2D eigenvalue weighted by molar-refractivity contribution is 5.46. The summed E-state index contributed by atoms with van der Waals surface area (Å²) >= 11 is 0. The second-order valence-electron chi connectivity index (χ2n) is 4.70. The molecule has 1 aliphatic rings. The van der Waals surface area contributed by atoms with Gasteiger partial charge in [0.05, 0.1) is 17.6 Å². The van der Waals surface area contributed by atoms with Crippen LogP contribution >= 0.6 is 0 Å². The van der Waals surface area contributed by atoms with Gasteiger partial charge in [-0.3, -0.25) is 4.68 Å². The molecule has 1 aliphatic carbocycles. The molecular formula is C12H21N3. The van der Waals surface area contributed by atoms with E-state index in [4.69, 9.17) is 0 Å². The highest BCUT2D eigenvalue weighted by Crippen LogP contribution is 2.30. The first-order valence-corrected chi connectivity index (χ1v) is 5.95. The molecule has 1 aromatic heterocycles. The van der Waals surface area contributed by atoms with Gasteiger partial charge >= 0.3 is 0 Å². The second kappa shape index (κ2) is 4.25. The fourth-order valence-electron chi connectivity index (χ4n) is 2.44. The lowest BCUT2D eigenvalue weighted by Crippen LogP contribution is -2.15. The van der Waals surface area contributed by atoms with Gasteiger partial charge in [-0.15, -0.1) is 0 Å². The lowest BCUT2D eigenvalue weighted by atomic mass is 10.1. The van der Waals surface area contributed by atoms with E-state index in [0.717, 1.165) is 5.92 Å². The summed E-state index contributed by atoms with van der Waals surface area (Å²) < 4.78 is 1.93. The summed E-state index contributed by atoms with van der Waals surface area (Å²) in [5, 5.41) is 7.86. The summed E-state index contributed by atoms with van der Waals surface area (Å²) in [5.74, 6) is 0.930. The smallest absolute Gasteiger partial charge is 0.0758 e. The Morgan fingerprint density at radius 1 is 1.53 bits per heavy atom. The third-order valence-corrected chi connectivity index (χ3v) is 3.71. The summed E-state index contributed by atoms with van der Waals surface area (Å²) in [6.45, 7) is 4.41. The van der Waals surface area contributed by atoms with Crippen molar-refractivity contribution in [1.29, 1.82) is 0 Å². The Morgan fingerprint density at radius 2 is 2.33 bits per heavy atom. The van der Waals surface area contributed by atoms with Gasteiger partial charge in [0.15, 0.2) is 0 Å². The van der Waals surface area contributed by atoms with E-state index in [-0.39, 0.29) is 0 Å². The number of nitrogens with one attached hydrogen (secondary N) is 1. The van der Waals surface area contributed by atoms with Gasteiger partial charge in [0, 0.05) is 13.1 Å². The molecule has 1 fully saturated rings. The van der Waals surface area contributed by atoms with Crippen LogP contribution in [-0.4, -0.2) is 15.8 Å². The first-order chi connectivity index (χ1) is 7.20. The van der Waals surface area contributed by atoms with Gasteiger partial charge in [0.25, 0.3) is 0 Å². The van der Waals surface area contributed by atoms with Gasteiger partial charge < -0.3 is 5.32 Å². The molecule has 0 aromatic carbocycles. The van der Waals surface area contributed by atoms with E-state index in [2.05, 4.69) is 24.3 Å². The van der Waals surface area contributed by atoms with Crippen molar-refractivity contribution < 1.29 is 0 Å². The third kappa shape index (κ3) is 2.16. The van der Waals surface area contributed by atoms with Crippen LogP contribution in [0, 0.1) is 12.8 Å². The largest absolute Gasteiger partial charge is 0.380 e. The predicted molar refractivity (Wildman–Crippen MR) is 63.0 cm³/mol. The van der Waals surface area contributed by atoms with Crippen LogP contribution in [0.5, 0.6) is 0 Å². The molecule has 0 bridgehead atoms. The van der Waals surface area contributed by atoms with Crippen molar-refractivity contribution in [2.75, 3.05) is 5.32 Å².